The highest BCUT2D eigenvalue weighted by Gasteiger charge is 2.17. The molecule has 194 valence electrons. The average Bonchev–Trinajstić information content (AvgIpc) is 3.06. The molecule has 37 heavy (non-hydrogen) atoms. The Morgan fingerprint density at radius 1 is 0.919 bits per heavy atom. The van der Waals surface area contributed by atoms with Crippen LogP contribution in [-0.4, -0.2) is 35.5 Å². The van der Waals surface area contributed by atoms with Gasteiger partial charge in [-0.25, -0.2) is 0 Å². The summed E-state index contributed by atoms with van der Waals surface area (Å²) in [5.41, 5.74) is 5.75. The van der Waals surface area contributed by atoms with Crippen LogP contribution in [0, 0.1) is 6.92 Å². The van der Waals surface area contributed by atoms with E-state index in [0.29, 0.717) is 12.6 Å². The van der Waals surface area contributed by atoms with E-state index in [-0.39, 0.29) is 5.75 Å². The van der Waals surface area contributed by atoms with Crippen LogP contribution in [0.25, 0.3) is 22.2 Å². The van der Waals surface area contributed by atoms with Gasteiger partial charge in [-0.2, -0.15) is 0 Å². The van der Waals surface area contributed by atoms with E-state index >= 15 is 0 Å². The van der Waals surface area contributed by atoms with Crippen LogP contribution < -0.4 is 14.8 Å². The largest absolute Gasteiger partial charge is 0.508 e. The van der Waals surface area contributed by atoms with Gasteiger partial charge in [-0.3, -0.25) is 0 Å². The number of fused-ring (bicyclic) bond motifs is 1. The smallest absolute Gasteiger partial charge is 0.119 e. The van der Waals surface area contributed by atoms with Crippen molar-refractivity contribution in [3.63, 3.8) is 0 Å². The first-order valence-electron chi connectivity index (χ1n) is 13.6. The molecule has 4 aromatic rings. The maximum Gasteiger partial charge on any atom is 0.119 e. The molecule has 0 radical (unpaired) electrons. The highest BCUT2D eigenvalue weighted by molar-refractivity contribution is 5.92. The fraction of sp³-hybridized carbons (Fsp3) is 0.375. The van der Waals surface area contributed by atoms with Crippen LogP contribution >= 0.6 is 0 Å². The van der Waals surface area contributed by atoms with E-state index in [4.69, 9.17) is 9.47 Å². The molecular formula is C32H38N2O3. The Hall–Kier alpha value is -3.44. The maximum absolute atomic E-state index is 10.2. The molecule has 1 atom stereocenters. The number of aromatic nitrogens is 1. The molecule has 0 spiro atoms. The van der Waals surface area contributed by atoms with Crippen molar-refractivity contribution in [3.8, 4) is 28.5 Å². The number of nitrogens with zero attached hydrogens (tertiary/aromatic N) is 1. The van der Waals surface area contributed by atoms with Crippen LogP contribution in [0.5, 0.6) is 17.2 Å². The number of phenols is 1. The number of benzene rings is 3. The fourth-order valence-corrected chi connectivity index (χ4v) is 5.46. The van der Waals surface area contributed by atoms with Gasteiger partial charge in [-0.1, -0.05) is 25.0 Å². The molecule has 1 fully saturated rings. The first-order chi connectivity index (χ1) is 18.1. The third-order valence-electron chi connectivity index (χ3n) is 7.40. The van der Waals surface area contributed by atoms with Crippen molar-refractivity contribution >= 4 is 10.9 Å². The van der Waals surface area contributed by atoms with Crippen molar-refractivity contribution in [1.29, 1.82) is 0 Å². The zero-order valence-electron chi connectivity index (χ0n) is 22.0. The predicted octanol–water partition coefficient (Wildman–Crippen LogP) is 7.07. The molecule has 5 heteroatoms. The minimum absolute atomic E-state index is 0.284. The molecule has 0 saturated carbocycles. The summed E-state index contributed by atoms with van der Waals surface area (Å²) in [4.78, 5) is 0. The van der Waals surface area contributed by atoms with Gasteiger partial charge >= 0.3 is 0 Å². The number of ether oxygens (including phenoxy) is 2. The lowest BCUT2D eigenvalue weighted by Gasteiger charge is -2.16. The van der Waals surface area contributed by atoms with Gasteiger partial charge in [0, 0.05) is 23.5 Å². The van der Waals surface area contributed by atoms with E-state index in [2.05, 4.69) is 53.2 Å². The number of hydrogen-bond acceptors (Lipinski definition) is 4. The molecule has 0 bridgehead atoms. The van der Waals surface area contributed by atoms with E-state index in [1.807, 2.05) is 31.2 Å². The summed E-state index contributed by atoms with van der Waals surface area (Å²) in [6.45, 7) is 7.37. The summed E-state index contributed by atoms with van der Waals surface area (Å²) >= 11 is 0. The molecule has 5 nitrogen and oxygen atoms in total. The average molecular weight is 499 g/mol. The van der Waals surface area contributed by atoms with Crippen LogP contribution in [-0.2, 0) is 6.54 Å². The Labute approximate surface area is 220 Å². The van der Waals surface area contributed by atoms with Gasteiger partial charge in [0.05, 0.1) is 18.9 Å². The first-order valence-corrected chi connectivity index (χ1v) is 13.6. The molecule has 0 aliphatic carbocycles. The molecule has 5 rings (SSSR count). The van der Waals surface area contributed by atoms with Crippen molar-refractivity contribution in [2.24, 2.45) is 0 Å². The summed E-state index contributed by atoms with van der Waals surface area (Å²) in [5, 5.41) is 14.9. The van der Waals surface area contributed by atoms with Gasteiger partial charge in [0.25, 0.3) is 0 Å². The van der Waals surface area contributed by atoms with Crippen molar-refractivity contribution < 1.29 is 14.6 Å². The number of hydrogen-bond donors (Lipinski definition) is 2. The Kier molecular flexibility index (Phi) is 8.00. The van der Waals surface area contributed by atoms with E-state index in [1.54, 1.807) is 6.07 Å². The molecule has 1 aromatic heterocycles. The molecule has 3 aromatic carbocycles. The van der Waals surface area contributed by atoms with Crippen LogP contribution in [0.15, 0.2) is 66.7 Å². The lowest BCUT2D eigenvalue weighted by Crippen LogP contribution is -2.29. The quantitative estimate of drug-likeness (QED) is 0.259. The van der Waals surface area contributed by atoms with E-state index < -0.39 is 0 Å². The third-order valence-corrected chi connectivity index (χ3v) is 7.40. The number of nitrogens with one attached hydrogen (secondary N) is 1. The van der Waals surface area contributed by atoms with Crippen molar-refractivity contribution in [3.05, 3.63) is 77.9 Å². The highest BCUT2D eigenvalue weighted by Crippen LogP contribution is 2.36. The van der Waals surface area contributed by atoms with Crippen LogP contribution in [0.1, 0.15) is 50.2 Å². The van der Waals surface area contributed by atoms with Crippen molar-refractivity contribution in [2.45, 2.75) is 58.5 Å². The SMILES string of the molecule is CCOc1ccc(-c2c(C)c3cc(O)ccc3n2Cc2ccc(OCCC3CCCCCN3)cc2)cc1. The summed E-state index contributed by atoms with van der Waals surface area (Å²) in [6, 6.07) is 23.0. The first kappa shape index (κ1) is 25.2. The molecule has 1 unspecified atom stereocenters. The van der Waals surface area contributed by atoms with Crippen LogP contribution in [0.3, 0.4) is 0 Å². The molecule has 2 heterocycles. The Balaban J connectivity index is 1.35. The Bertz CT molecular complexity index is 1300. The van der Waals surface area contributed by atoms with Gasteiger partial charge < -0.3 is 24.5 Å². The number of rotatable bonds is 9. The summed E-state index contributed by atoms with van der Waals surface area (Å²) in [7, 11) is 0. The van der Waals surface area contributed by atoms with E-state index in [0.717, 1.165) is 65.3 Å². The molecule has 1 aliphatic rings. The second-order valence-corrected chi connectivity index (χ2v) is 10.0. The standard InChI is InChI=1S/C32H38N2O3/c1-3-36-28-15-10-25(11-16-28)32-23(2)30-21-27(35)12-17-31(30)34(32)22-24-8-13-29(14-9-24)37-20-18-26-7-5-4-6-19-33-26/h8-17,21,26,33,35H,3-7,18-20,22H2,1-2H3. The molecular weight excluding hydrogens is 460 g/mol. The Morgan fingerprint density at radius 3 is 2.46 bits per heavy atom. The van der Waals surface area contributed by atoms with Crippen molar-refractivity contribution in [1.82, 2.24) is 9.88 Å². The highest BCUT2D eigenvalue weighted by atomic mass is 16.5. The predicted molar refractivity (Wildman–Crippen MR) is 151 cm³/mol. The zero-order chi connectivity index (χ0) is 25.6. The topological polar surface area (TPSA) is 55.7 Å². The molecule has 2 N–H and O–H groups in total. The molecule has 0 amide bonds. The maximum atomic E-state index is 10.2. The van der Waals surface area contributed by atoms with Gasteiger partial charge in [0.15, 0.2) is 0 Å². The number of phenolic OH excluding ortho intramolecular Hbond substituents is 1. The monoisotopic (exact) mass is 498 g/mol. The minimum atomic E-state index is 0.284. The Morgan fingerprint density at radius 2 is 1.68 bits per heavy atom. The summed E-state index contributed by atoms with van der Waals surface area (Å²) < 4.78 is 14.1. The summed E-state index contributed by atoms with van der Waals surface area (Å²) in [6.07, 6.45) is 6.24. The fourth-order valence-electron chi connectivity index (χ4n) is 5.46. The van der Waals surface area contributed by atoms with Crippen molar-refractivity contribution in [2.75, 3.05) is 19.8 Å². The van der Waals surface area contributed by atoms with Gasteiger partial charge in [-0.15, -0.1) is 0 Å². The number of aromatic hydroxyl groups is 1. The lowest BCUT2D eigenvalue weighted by atomic mass is 10.1. The van der Waals surface area contributed by atoms with E-state index in [1.165, 1.54) is 31.2 Å². The van der Waals surface area contributed by atoms with Gasteiger partial charge in [-0.05, 0) is 111 Å². The normalized spacial score (nSPS) is 16.0. The summed E-state index contributed by atoms with van der Waals surface area (Å²) in [5.74, 6) is 2.07. The van der Waals surface area contributed by atoms with E-state index in [9.17, 15) is 5.11 Å². The van der Waals surface area contributed by atoms with Crippen LogP contribution in [0.4, 0.5) is 0 Å². The lowest BCUT2D eigenvalue weighted by molar-refractivity contribution is 0.283. The molecule has 1 saturated heterocycles. The second kappa shape index (κ2) is 11.7. The minimum Gasteiger partial charge on any atom is -0.508 e. The second-order valence-electron chi connectivity index (χ2n) is 10.0. The number of aryl methyl sites for hydroxylation is 1. The molecule has 1 aliphatic heterocycles. The van der Waals surface area contributed by atoms with Crippen LogP contribution in [0.2, 0.25) is 0 Å². The zero-order valence-corrected chi connectivity index (χ0v) is 22.0. The third kappa shape index (κ3) is 5.94. The van der Waals surface area contributed by atoms with Gasteiger partial charge in [0.1, 0.15) is 17.2 Å². The van der Waals surface area contributed by atoms with Gasteiger partial charge in [0.2, 0.25) is 0 Å².